The maximum absolute atomic E-state index is 12.0. The number of hydrogen-bond donors (Lipinski definition) is 2. The van der Waals surface area contributed by atoms with Crippen LogP contribution in [0.3, 0.4) is 0 Å². The van der Waals surface area contributed by atoms with Crippen molar-refractivity contribution in [2.45, 2.75) is 6.42 Å². The number of nitrogens with one attached hydrogen (secondary N) is 2. The van der Waals surface area contributed by atoms with E-state index in [0.29, 0.717) is 27.0 Å². The fourth-order valence-electron chi connectivity index (χ4n) is 1.96. The molecule has 1 aromatic carbocycles. The molecule has 146 valence electrons. The van der Waals surface area contributed by atoms with Gasteiger partial charge in [-0.15, -0.1) is 11.3 Å². The molecule has 0 unspecified atom stereocenters. The first-order valence-electron chi connectivity index (χ1n) is 7.59. The highest BCUT2D eigenvalue weighted by molar-refractivity contribution is 7.88. The van der Waals surface area contributed by atoms with E-state index >= 15 is 0 Å². The lowest BCUT2D eigenvalue weighted by molar-refractivity contribution is -0.119. The number of thiophene rings is 1. The van der Waals surface area contributed by atoms with Gasteiger partial charge in [0.2, 0.25) is 10.0 Å². The molecule has 27 heavy (non-hydrogen) atoms. The number of hydrogen-bond acceptors (Lipinski definition) is 6. The molecule has 0 aliphatic carbocycles. The minimum Gasteiger partial charge on any atom is -0.451 e. The van der Waals surface area contributed by atoms with Crippen molar-refractivity contribution in [2.24, 2.45) is 0 Å². The molecular weight excluding hydrogens is 435 g/mol. The molecule has 11 heteroatoms. The summed E-state index contributed by atoms with van der Waals surface area (Å²) < 4.78 is 29.4. The highest BCUT2D eigenvalue weighted by atomic mass is 35.5. The zero-order chi connectivity index (χ0) is 20.0. The van der Waals surface area contributed by atoms with Crippen LogP contribution in [-0.4, -0.2) is 39.7 Å². The summed E-state index contributed by atoms with van der Waals surface area (Å²) in [6.45, 7) is -0.249. The molecule has 0 atom stereocenters. The fraction of sp³-hybridized carbons (Fsp3) is 0.250. The minimum atomic E-state index is -3.25. The number of rotatable bonds is 8. The number of anilines is 1. The van der Waals surface area contributed by atoms with Gasteiger partial charge in [-0.05, 0) is 36.8 Å². The summed E-state index contributed by atoms with van der Waals surface area (Å²) in [5, 5.41) is 3.23. The van der Waals surface area contributed by atoms with E-state index in [1.807, 2.05) is 0 Å². The SMILES string of the molecule is CS(=O)(=O)NCCc1ccc(C(=O)OCC(=O)Nc2cc(Cl)ccc2Cl)s1. The number of benzene rings is 1. The molecule has 0 aliphatic rings. The summed E-state index contributed by atoms with van der Waals surface area (Å²) in [4.78, 5) is 25.0. The van der Waals surface area contributed by atoms with Crippen molar-refractivity contribution in [3.05, 3.63) is 50.1 Å². The lowest BCUT2D eigenvalue weighted by Gasteiger charge is -2.08. The normalized spacial score (nSPS) is 11.2. The molecule has 0 aliphatic heterocycles. The van der Waals surface area contributed by atoms with Crippen molar-refractivity contribution in [3.63, 3.8) is 0 Å². The van der Waals surface area contributed by atoms with Gasteiger partial charge < -0.3 is 10.1 Å². The molecular formula is C16H16Cl2N2O5S2. The number of carbonyl (C=O) groups is 2. The van der Waals surface area contributed by atoms with Gasteiger partial charge in [0, 0.05) is 16.4 Å². The predicted octanol–water partition coefficient (Wildman–Crippen LogP) is 2.94. The van der Waals surface area contributed by atoms with Gasteiger partial charge in [0.1, 0.15) is 4.88 Å². The number of ether oxygens (including phenoxy) is 1. The quantitative estimate of drug-likeness (QED) is 0.601. The number of carbonyl (C=O) groups excluding carboxylic acids is 2. The molecule has 2 rings (SSSR count). The Balaban J connectivity index is 1.83. The molecule has 1 amide bonds. The van der Waals surface area contributed by atoms with Crippen LogP contribution in [0.5, 0.6) is 0 Å². The molecule has 2 N–H and O–H groups in total. The van der Waals surface area contributed by atoms with Crippen LogP contribution in [0.4, 0.5) is 5.69 Å². The van der Waals surface area contributed by atoms with Crippen molar-refractivity contribution in [3.8, 4) is 0 Å². The van der Waals surface area contributed by atoms with Gasteiger partial charge >= 0.3 is 5.97 Å². The van der Waals surface area contributed by atoms with E-state index in [1.165, 1.54) is 23.5 Å². The number of amides is 1. The molecule has 1 heterocycles. The molecule has 0 saturated carbocycles. The summed E-state index contributed by atoms with van der Waals surface area (Å²) in [7, 11) is -3.25. The average molecular weight is 451 g/mol. The van der Waals surface area contributed by atoms with Crippen LogP contribution in [0.25, 0.3) is 0 Å². The van der Waals surface area contributed by atoms with Crippen LogP contribution in [0.2, 0.25) is 10.0 Å². The first kappa shape index (κ1) is 21.6. The van der Waals surface area contributed by atoms with Crippen LogP contribution >= 0.6 is 34.5 Å². The summed E-state index contributed by atoms with van der Waals surface area (Å²) >= 11 is 13.0. The third-order valence-electron chi connectivity index (χ3n) is 3.14. The van der Waals surface area contributed by atoms with E-state index < -0.39 is 28.5 Å². The number of esters is 1. The summed E-state index contributed by atoms with van der Waals surface area (Å²) in [6, 6.07) is 7.88. The third-order valence-corrected chi connectivity index (χ3v) is 5.55. The highest BCUT2D eigenvalue weighted by Crippen LogP contribution is 2.25. The Kier molecular flexibility index (Phi) is 7.63. The standard InChI is InChI=1S/C16H16Cl2N2O5S2/c1-27(23,24)19-7-6-11-3-5-14(26-11)16(22)25-9-15(21)20-13-8-10(17)2-4-12(13)18/h2-5,8,19H,6-7,9H2,1H3,(H,20,21). The largest absolute Gasteiger partial charge is 0.451 e. The lowest BCUT2D eigenvalue weighted by atomic mass is 10.3. The third kappa shape index (κ3) is 7.47. The van der Waals surface area contributed by atoms with Crippen LogP contribution in [0.15, 0.2) is 30.3 Å². The Bertz CT molecular complexity index is 944. The summed E-state index contributed by atoms with van der Waals surface area (Å²) in [5.74, 6) is -1.20. The van der Waals surface area contributed by atoms with Crippen molar-refractivity contribution in [2.75, 3.05) is 24.7 Å². The monoisotopic (exact) mass is 450 g/mol. The van der Waals surface area contributed by atoms with Crippen molar-refractivity contribution >= 4 is 62.1 Å². The van der Waals surface area contributed by atoms with E-state index in [1.54, 1.807) is 18.2 Å². The van der Waals surface area contributed by atoms with E-state index in [0.717, 1.165) is 11.1 Å². The molecule has 0 bridgehead atoms. The molecule has 0 spiro atoms. The number of halogens is 2. The Hall–Kier alpha value is -1.65. The molecule has 2 aromatic rings. The number of sulfonamides is 1. The Morgan fingerprint density at radius 1 is 1.19 bits per heavy atom. The Labute approximate surface area is 170 Å². The molecule has 0 saturated heterocycles. The van der Waals surface area contributed by atoms with Gasteiger partial charge in [0.15, 0.2) is 6.61 Å². The van der Waals surface area contributed by atoms with Gasteiger partial charge in [0.05, 0.1) is 17.0 Å². The second-order valence-corrected chi connectivity index (χ2v) is 9.28. The van der Waals surface area contributed by atoms with Crippen LogP contribution in [0.1, 0.15) is 14.5 Å². The van der Waals surface area contributed by atoms with Gasteiger partial charge in [0.25, 0.3) is 5.91 Å². The van der Waals surface area contributed by atoms with Gasteiger partial charge in [-0.3, -0.25) is 4.79 Å². The molecule has 0 radical (unpaired) electrons. The van der Waals surface area contributed by atoms with Gasteiger partial charge in [-0.1, -0.05) is 23.2 Å². The lowest BCUT2D eigenvalue weighted by Crippen LogP contribution is -2.24. The molecule has 0 fully saturated rings. The van der Waals surface area contributed by atoms with E-state index in [9.17, 15) is 18.0 Å². The highest BCUT2D eigenvalue weighted by Gasteiger charge is 2.14. The summed E-state index contributed by atoms with van der Waals surface area (Å²) in [6.07, 6.45) is 1.52. The first-order chi connectivity index (χ1) is 12.6. The van der Waals surface area contributed by atoms with Crippen LogP contribution < -0.4 is 10.0 Å². The van der Waals surface area contributed by atoms with Crippen molar-refractivity contribution in [1.29, 1.82) is 0 Å². The first-order valence-corrected chi connectivity index (χ1v) is 11.1. The Morgan fingerprint density at radius 3 is 2.63 bits per heavy atom. The summed E-state index contributed by atoms with van der Waals surface area (Å²) in [5.41, 5.74) is 0.321. The maximum Gasteiger partial charge on any atom is 0.348 e. The van der Waals surface area contributed by atoms with Gasteiger partial charge in [-0.2, -0.15) is 0 Å². The second kappa shape index (κ2) is 9.52. The zero-order valence-corrected chi connectivity index (χ0v) is 17.3. The topological polar surface area (TPSA) is 102 Å². The fourth-order valence-corrected chi connectivity index (χ4v) is 3.67. The molecule has 7 nitrogen and oxygen atoms in total. The smallest absolute Gasteiger partial charge is 0.348 e. The van der Waals surface area contributed by atoms with Crippen LogP contribution in [0, 0.1) is 0 Å². The van der Waals surface area contributed by atoms with E-state index in [2.05, 4.69) is 10.0 Å². The van der Waals surface area contributed by atoms with Crippen LogP contribution in [-0.2, 0) is 26.0 Å². The zero-order valence-electron chi connectivity index (χ0n) is 14.1. The maximum atomic E-state index is 12.0. The molecule has 1 aromatic heterocycles. The Morgan fingerprint density at radius 2 is 1.93 bits per heavy atom. The van der Waals surface area contributed by atoms with Crippen molar-refractivity contribution in [1.82, 2.24) is 4.72 Å². The van der Waals surface area contributed by atoms with E-state index in [4.69, 9.17) is 27.9 Å². The average Bonchev–Trinajstić information content (AvgIpc) is 3.04. The van der Waals surface area contributed by atoms with Gasteiger partial charge in [-0.25, -0.2) is 17.9 Å². The van der Waals surface area contributed by atoms with E-state index in [-0.39, 0.29) is 6.54 Å². The van der Waals surface area contributed by atoms with Crippen molar-refractivity contribution < 1.29 is 22.7 Å². The minimum absolute atomic E-state index is 0.233. The predicted molar refractivity (Wildman–Crippen MR) is 106 cm³/mol. The second-order valence-electron chi connectivity index (χ2n) is 5.43.